The highest BCUT2D eigenvalue weighted by Gasteiger charge is 2.31. The zero-order valence-electron chi connectivity index (χ0n) is 9.35. The number of halogens is 1. The van der Waals surface area contributed by atoms with Gasteiger partial charge in [-0.2, -0.15) is 0 Å². The number of nitrogens with zero attached hydrogens (tertiary/aromatic N) is 1. The number of aromatic nitrogens is 1. The Kier molecular flexibility index (Phi) is 3.51. The van der Waals surface area contributed by atoms with Crippen molar-refractivity contribution < 1.29 is 14.7 Å². The molecule has 96 valence electrons. The van der Waals surface area contributed by atoms with Crippen LogP contribution in [0.25, 0.3) is 0 Å². The lowest BCUT2D eigenvalue weighted by molar-refractivity contribution is -0.141. The Hall–Kier alpha value is -1.63. The number of carbonyl (C=O) groups is 2. The maximum atomic E-state index is 12.1. The van der Waals surface area contributed by atoms with Gasteiger partial charge in [-0.15, -0.1) is 0 Å². The summed E-state index contributed by atoms with van der Waals surface area (Å²) in [6.07, 6.45) is 1.80. The zero-order chi connectivity index (χ0) is 13.3. The Morgan fingerprint density at radius 1 is 1.50 bits per heavy atom. The Balaban J connectivity index is 2.15. The minimum atomic E-state index is -0.882. The first-order chi connectivity index (χ1) is 8.49. The number of nitrogens with one attached hydrogen (secondary N) is 1. The van der Waals surface area contributed by atoms with Gasteiger partial charge in [-0.3, -0.25) is 14.4 Å². The second-order valence-corrected chi connectivity index (χ2v) is 4.99. The Labute approximate surface area is 111 Å². The molecule has 1 saturated heterocycles. The van der Waals surface area contributed by atoms with E-state index in [4.69, 9.17) is 5.11 Å². The van der Waals surface area contributed by atoms with Crippen molar-refractivity contribution in [1.29, 1.82) is 0 Å². The predicted octanol–water partition coefficient (Wildman–Crippen LogP) is 0.684. The number of carboxylic acids is 1. The molecule has 2 heterocycles. The molecule has 0 spiro atoms. The Morgan fingerprint density at radius 3 is 2.78 bits per heavy atom. The number of amides is 1. The molecule has 0 bridgehead atoms. The summed E-state index contributed by atoms with van der Waals surface area (Å²) in [5.41, 5.74) is 0.0314. The number of carboxylic acid groups (broad SMARTS) is 1. The van der Waals surface area contributed by atoms with Gasteiger partial charge in [0.1, 0.15) is 0 Å². The first-order valence-electron chi connectivity index (χ1n) is 5.39. The molecule has 0 radical (unpaired) electrons. The van der Waals surface area contributed by atoms with E-state index in [-0.39, 0.29) is 22.5 Å². The minimum absolute atomic E-state index is 0.213. The van der Waals surface area contributed by atoms with Crippen molar-refractivity contribution in [3.63, 3.8) is 0 Å². The molecular weight excluding hydrogens is 304 g/mol. The van der Waals surface area contributed by atoms with Crippen LogP contribution in [-0.2, 0) is 4.79 Å². The quantitative estimate of drug-likeness (QED) is 0.840. The van der Waals surface area contributed by atoms with Crippen LogP contribution in [0.3, 0.4) is 0 Å². The van der Waals surface area contributed by atoms with Gasteiger partial charge in [0, 0.05) is 19.3 Å². The van der Waals surface area contributed by atoms with Crippen molar-refractivity contribution in [1.82, 2.24) is 9.88 Å². The smallest absolute Gasteiger partial charge is 0.308 e. The molecule has 1 aromatic heterocycles. The van der Waals surface area contributed by atoms with Crippen LogP contribution in [-0.4, -0.2) is 40.0 Å². The molecule has 1 fully saturated rings. The molecule has 1 aliphatic rings. The third-order valence-electron chi connectivity index (χ3n) is 2.93. The summed E-state index contributed by atoms with van der Waals surface area (Å²) in [6.45, 7) is 0.636. The number of H-pyrrole nitrogens is 1. The molecule has 0 saturated carbocycles. The van der Waals surface area contributed by atoms with Crippen molar-refractivity contribution in [2.24, 2.45) is 5.92 Å². The predicted molar refractivity (Wildman–Crippen MR) is 66.4 cm³/mol. The molecule has 1 amide bonds. The number of hydrogen-bond acceptors (Lipinski definition) is 3. The number of likely N-dealkylation sites (tertiary alicyclic amines) is 1. The van der Waals surface area contributed by atoms with Gasteiger partial charge in [-0.1, -0.05) is 0 Å². The van der Waals surface area contributed by atoms with Gasteiger partial charge in [0.2, 0.25) is 0 Å². The standard InChI is InChI=1S/C11H11BrN2O4/c12-8-3-7(4-13-9(8)15)10(16)14-2-1-6(5-14)11(17)18/h3-4,6H,1-2,5H2,(H,13,15)(H,17,18). The van der Waals surface area contributed by atoms with Gasteiger partial charge >= 0.3 is 5.97 Å². The third kappa shape index (κ3) is 2.45. The number of rotatable bonds is 2. The molecule has 1 unspecified atom stereocenters. The van der Waals surface area contributed by atoms with E-state index in [0.29, 0.717) is 18.5 Å². The van der Waals surface area contributed by atoms with Crippen molar-refractivity contribution in [2.75, 3.05) is 13.1 Å². The average Bonchev–Trinajstić information content (AvgIpc) is 2.81. The lowest BCUT2D eigenvalue weighted by atomic mass is 10.1. The van der Waals surface area contributed by atoms with E-state index in [9.17, 15) is 14.4 Å². The van der Waals surface area contributed by atoms with Crippen LogP contribution in [0, 0.1) is 5.92 Å². The van der Waals surface area contributed by atoms with Gasteiger partial charge in [-0.05, 0) is 28.4 Å². The summed E-state index contributed by atoms with van der Waals surface area (Å²) in [7, 11) is 0. The highest BCUT2D eigenvalue weighted by molar-refractivity contribution is 9.10. The maximum Gasteiger partial charge on any atom is 0.308 e. The summed E-state index contributed by atoms with van der Waals surface area (Å²) in [4.78, 5) is 38.0. The summed E-state index contributed by atoms with van der Waals surface area (Å²) in [6, 6.07) is 1.44. The first kappa shape index (κ1) is 12.8. The van der Waals surface area contributed by atoms with E-state index in [1.165, 1.54) is 17.2 Å². The number of hydrogen-bond donors (Lipinski definition) is 2. The molecule has 7 heteroatoms. The molecular formula is C11H11BrN2O4. The Morgan fingerprint density at radius 2 is 2.22 bits per heavy atom. The second-order valence-electron chi connectivity index (χ2n) is 4.14. The van der Waals surface area contributed by atoms with E-state index in [0.717, 1.165) is 0 Å². The van der Waals surface area contributed by atoms with Crippen molar-refractivity contribution in [2.45, 2.75) is 6.42 Å². The second kappa shape index (κ2) is 4.93. The number of aliphatic carboxylic acids is 1. The van der Waals surface area contributed by atoms with Crippen LogP contribution in [0.5, 0.6) is 0 Å². The van der Waals surface area contributed by atoms with Crippen LogP contribution in [0.4, 0.5) is 0 Å². The molecule has 1 aromatic rings. The van der Waals surface area contributed by atoms with Gasteiger partial charge in [0.05, 0.1) is 16.0 Å². The molecule has 1 aliphatic heterocycles. The fraction of sp³-hybridized carbons (Fsp3) is 0.364. The van der Waals surface area contributed by atoms with Gasteiger partial charge in [-0.25, -0.2) is 0 Å². The molecule has 18 heavy (non-hydrogen) atoms. The lowest BCUT2D eigenvalue weighted by Gasteiger charge is -2.15. The summed E-state index contributed by atoms with van der Waals surface area (Å²) in [5.74, 6) is -1.65. The fourth-order valence-corrected chi connectivity index (χ4v) is 2.27. The molecule has 6 nitrogen and oxygen atoms in total. The highest BCUT2D eigenvalue weighted by Crippen LogP contribution is 2.19. The van der Waals surface area contributed by atoms with Crippen LogP contribution in [0.1, 0.15) is 16.8 Å². The van der Waals surface area contributed by atoms with E-state index in [1.54, 1.807) is 0 Å². The molecule has 1 atom stereocenters. The lowest BCUT2D eigenvalue weighted by Crippen LogP contribution is -2.30. The van der Waals surface area contributed by atoms with E-state index in [1.807, 2.05) is 0 Å². The number of carbonyl (C=O) groups excluding carboxylic acids is 1. The zero-order valence-corrected chi connectivity index (χ0v) is 10.9. The summed E-state index contributed by atoms with van der Waals surface area (Å²) < 4.78 is 0.280. The molecule has 0 aliphatic carbocycles. The highest BCUT2D eigenvalue weighted by atomic mass is 79.9. The average molecular weight is 315 g/mol. The topological polar surface area (TPSA) is 90.5 Å². The summed E-state index contributed by atoms with van der Waals surface area (Å²) >= 11 is 3.05. The molecule has 0 aromatic carbocycles. The molecule has 2 rings (SSSR count). The summed E-state index contributed by atoms with van der Waals surface area (Å²) in [5, 5.41) is 8.87. The maximum absolute atomic E-state index is 12.1. The third-order valence-corrected chi connectivity index (χ3v) is 3.52. The van der Waals surface area contributed by atoms with E-state index < -0.39 is 11.9 Å². The van der Waals surface area contributed by atoms with Gasteiger partial charge in [0.25, 0.3) is 11.5 Å². The van der Waals surface area contributed by atoms with Gasteiger partial charge in [0.15, 0.2) is 0 Å². The monoisotopic (exact) mass is 314 g/mol. The van der Waals surface area contributed by atoms with Crippen LogP contribution in [0.2, 0.25) is 0 Å². The largest absolute Gasteiger partial charge is 0.481 e. The number of aromatic amines is 1. The van der Waals surface area contributed by atoms with Crippen LogP contribution in [0.15, 0.2) is 21.5 Å². The Bertz CT molecular complexity index is 554. The number of pyridine rings is 1. The van der Waals surface area contributed by atoms with Crippen LogP contribution >= 0.6 is 15.9 Å². The SMILES string of the molecule is O=C(O)C1CCN(C(=O)c2c[nH]c(=O)c(Br)c2)C1. The van der Waals surface area contributed by atoms with Crippen molar-refractivity contribution in [3.05, 3.63) is 32.7 Å². The van der Waals surface area contributed by atoms with Crippen molar-refractivity contribution >= 4 is 27.8 Å². The van der Waals surface area contributed by atoms with Gasteiger partial charge < -0.3 is 15.0 Å². The first-order valence-corrected chi connectivity index (χ1v) is 6.18. The van der Waals surface area contributed by atoms with E-state index in [2.05, 4.69) is 20.9 Å². The molecule has 2 N–H and O–H groups in total. The van der Waals surface area contributed by atoms with Crippen molar-refractivity contribution in [3.8, 4) is 0 Å². The normalized spacial score (nSPS) is 18.9. The fourth-order valence-electron chi connectivity index (χ4n) is 1.91. The van der Waals surface area contributed by atoms with Crippen LogP contribution < -0.4 is 5.56 Å². The minimum Gasteiger partial charge on any atom is -0.481 e. The van der Waals surface area contributed by atoms with E-state index >= 15 is 0 Å².